The van der Waals surface area contributed by atoms with Gasteiger partial charge >= 0.3 is 17.9 Å². The van der Waals surface area contributed by atoms with E-state index in [1.54, 1.807) is 26.0 Å². The van der Waals surface area contributed by atoms with Crippen LogP contribution in [0, 0.1) is 0 Å². The number of rotatable bonds is 7. The lowest BCUT2D eigenvalue weighted by Gasteiger charge is -2.29. The van der Waals surface area contributed by atoms with Crippen molar-refractivity contribution in [3.05, 3.63) is 60.2 Å². The van der Waals surface area contributed by atoms with Crippen molar-refractivity contribution in [3.8, 4) is 11.5 Å². The first kappa shape index (κ1) is 23.1. The molecular weight excluding hydrogens is 384 g/mol. The van der Waals surface area contributed by atoms with Gasteiger partial charge in [0.1, 0.15) is 6.10 Å². The van der Waals surface area contributed by atoms with Crippen LogP contribution in [-0.4, -0.2) is 24.0 Å². The lowest BCUT2D eigenvalue weighted by molar-refractivity contribution is -0.145. The Morgan fingerprint density at radius 3 is 1.77 bits per heavy atom. The Morgan fingerprint density at radius 2 is 1.27 bits per heavy atom. The Morgan fingerprint density at radius 1 is 0.767 bits per heavy atom. The minimum atomic E-state index is -0.602. The summed E-state index contributed by atoms with van der Waals surface area (Å²) in [6, 6.07) is 5.18. The molecule has 1 fully saturated rings. The molecule has 1 aliphatic carbocycles. The van der Waals surface area contributed by atoms with E-state index in [4.69, 9.17) is 14.2 Å². The molecule has 6 nitrogen and oxygen atoms in total. The number of ether oxygens (including phenoxy) is 3. The summed E-state index contributed by atoms with van der Waals surface area (Å²) in [6.45, 7) is 15.5. The highest BCUT2D eigenvalue weighted by molar-refractivity contribution is 5.91. The van der Waals surface area contributed by atoms with Gasteiger partial charge in [-0.25, -0.2) is 14.4 Å². The van der Waals surface area contributed by atoms with E-state index in [1.807, 2.05) is 6.07 Å². The Balaban J connectivity index is 2.17. The van der Waals surface area contributed by atoms with E-state index < -0.39 is 11.9 Å². The van der Waals surface area contributed by atoms with Gasteiger partial charge in [0.15, 0.2) is 11.5 Å². The van der Waals surface area contributed by atoms with Gasteiger partial charge in [-0.1, -0.05) is 25.8 Å². The maximum Gasteiger partial charge on any atom is 0.338 e. The molecule has 160 valence electrons. The fraction of sp³-hybridized carbons (Fsp3) is 0.375. The average molecular weight is 412 g/mol. The van der Waals surface area contributed by atoms with Crippen LogP contribution in [0.4, 0.5) is 0 Å². The molecule has 30 heavy (non-hydrogen) atoms. The topological polar surface area (TPSA) is 78.9 Å². The molecular formula is C24H28O6. The van der Waals surface area contributed by atoms with Gasteiger partial charge in [0.05, 0.1) is 0 Å². The third kappa shape index (κ3) is 6.17. The van der Waals surface area contributed by atoms with Crippen LogP contribution >= 0.6 is 0 Å². The largest absolute Gasteiger partial charge is 0.459 e. The van der Waals surface area contributed by atoms with Crippen LogP contribution < -0.4 is 9.47 Å². The molecule has 1 aromatic rings. The number of hydrogen-bond acceptors (Lipinski definition) is 6. The van der Waals surface area contributed by atoms with Gasteiger partial charge < -0.3 is 14.2 Å². The molecule has 0 spiro atoms. The molecule has 6 heteroatoms. The predicted octanol–water partition coefficient (Wildman–Crippen LogP) is 4.80. The van der Waals surface area contributed by atoms with E-state index in [1.165, 1.54) is 6.92 Å². The summed E-state index contributed by atoms with van der Waals surface area (Å²) in [5, 5.41) is 0. The number of esters is 3. The van der Waals surface area contributed by atoms with Gasteiger partial charge in [-0.15, -0.1) is 0 Å². The van der Waals surface area contributed by atoms with Crippen LogP contribution in [0.25, 0.3) is 0 Å². The quantitative estimate of drug-likeness (QED) is 0.364. The normalized spacial score (nSPS) is 18.1. The molecule has 1 aliphatic rings. The van der Waals surface area contributed by atoms with E-state index in [0.717, 1.165) is 31.2 Å². The molecule has 1 saturated carbocycles. The molecule has 0 bridgehead atoms. The zero-order valence-corrected chi connectivity index (χ0v) is 17.8. The maximum absolute atomic E-state index is 12.0. The molecule has 0 radical (unpaired) electrons. The van der Waals surface area contributed by atoms with Crippen LogP contribution in [0.2, 0.25) is 0 Å². The average Bonchev–Trinajstić information content (AvgIpc) is 2.69. The minimum absolute atomic E-state index is 0.123. The van der Waals surface area contributed by atoms with Crippen molar-refractivity contribution in [2.75, 3.05) is 0 Å². The van der Waals surface area contributed by atoms with Gasteiger partial charge in [0.2, 0.25) is 0 Å². The van der Waals surface area contributed by atoms with E-state index in [-0.39, 0.29) is 40.6 Å². The van der Waals surface area contributed by atoms with Crippen molar-refractivity contribution in [2.24, 2.45) is 0 Å². The Kier molecular flexibility index (Phi) is 7.75. The van der Waals surface area contributed by atoms with Crippen molar-refractivity contribution in [1.29, 1.82) is 0 Å². The third-order valence-electron chi connectivity index (χ3n) is 4.84. The minimum Gasteiger partial charge on any atom is -0.459 e. The molecule has 0 heterocycles. The van der Waals surface area contributed by atoms with Crippen LogP contribution in [0.1, 0.15) is 57.9 Å². The van der Waals surface area contributed by atoms with Gasteiger partial charge in [-0.05, 0) is 70.1 Å². The number of carbonyl (C=O) groups excluding carboxylic acids is 3. The number of benzene rings is 1. The standard InChI is InChI=1S/C24H28O6/c1-14(2)22(25)28-19-10-7-17(8-11-19)18-9-12-20(29-23(26)15(3)4)21(13-18)30-24(27)16(5)6/h9,12-13,17,19H,1,3,5,7-8,10-11H2,2,4,6H3. The summed E-state index contributed by atoms with van der Waals surface area (Å²) in [4.78, 5) is 35.7. The Labute approximate surface area is 177 Å². The number of carbonyl (C=O) groups is 3. The van der Waals surface area contributed by atoms with E-state index in [9.17, 15) is 14.4 Å². The molecule has 0 amide bonds. The highest BCUT2D eigenvalue weighted by Gasteiger charge is 2.26. The summed E-state index contributed by atoms with van der Waals surface area (Å²) >= 11 is 0. The summed E-state index contributed by atoms with van der Waals surface area (Å²) in [5.41, 5.74) is 1.82. The smallest absolute Gasteiger partial charge is 0.338 e. The fourth-order valence-electron chi connectivity index (χ4n) is 3.08. The highest BCUT2D eigenvalue weighted by atomic mass is 16.6. The van der Waals surface area contributed by atoms with E-state index in [2.05, 4.69) is 19.7 Å². The predicted molar refractivity (Wildman–Crippen MR) is 113 cm³/mol. The molecule has 0 aromatic heterocycles. The molecule has 0 atom stereocenters. The fourth-order valence-corrected chi connectivity index (χ4v) is 3.08. The molecule has 0 aliphatic heterocycles. The van der Waals surface area contributed by atoms with Gasteiger partial charge in [-0.3, -0.25) is 0 Å². The van der Waals surface area contributed by atoms with Crippen molar-refractivity contribution >= 4 is 17.9 Å². The third-order valence-corrected chi connectivity index (χ3v) is 4.84. The zero-order chi connectivity index (χ0) is 22.4. The van der Waals surface area contributed by atoms with Crippen molar-refractivity contribution in [3.63, 3.8) is 0 Å². The Hall–Kier alpha value is -3.15. The second kappa shape index (κ2) is 10.1. The van der Waals surface area contributed by atoms with Crippen molar-refractivity contribution in [2.45, 2.75) is 58.5 Å². The highest BCUT2D eigenvalue weighted by Crippen LogP contribution is 2.38. The van der Waals surface area contributed by atoms with Gasteiger partial charge in [0.25, 0.3) is 0 Å². The van der Waals surface area contributed by atoms with Crippen LogP contribution in [0.3, 0.4) is 0 Å². The SMILES string of the molecule is C=C(C)C(=O)Oc1ccc(C2CCC(OC(=O)C(=C)C)CC2)cc1OC(=O)C(=C)C. The first-order chi connectivity index (χ1) is 14.1. The lowest BCUT2D eigenvalue weighted by atomic mass is 9.82. The van der Waals surface area contributed by atoms with Crippen LogP contribution in [0.15, 0.2) is 54.7 Å². The van der Waals surface area contributed by atoms with Crippen molar-refractivity contribution in [1.82, 2.24) is 0 Å². The first-order valence-corrected chi connectivity index (χ1v) is 9.84. The molecule has 2 rings (SSSR count). The first-order valence-electron chi connectivity index (χ1n) is 9.84. The maximum atomic E-state index is 12.0. The van der Waals surface area contributed by atoms with Crippen molar-refractivity contribution < 1.29 is 28.6 Å². The molecule has 0 N–H and O–H groups in total. The van der Waals surface area contributed by atoms with E-state index >= 15 is 0 Å². The summed E-state index contributed by atoms with van der Waals surface area (Å²) in [6.07, 6.45) is 2.97. The van der Waals surface area contributed by atoms with Crippen LogP contribution in [0.5, 0.6) is 11.5 Å². The van der Waals surface area contributed by atoms with Crippen LogP contribution in [-0.2, 0) is 19.1 Å². The van der Waals surface area contributed by atoms with E-state index in [0.29, 0.717) is 5.57 Å². The van der Waals surface area contributed by atoms with Gasteiger partial charge in [0, 0.05) is 16.7 Å². The van der Waals surface area contributed by atoms with Gasteiger partial charge in [-0.2, -0.15) is 0 Å². The second-order valence-electron chi connectivity index (χ2n) is 7.71. The molecule has 1 aromatic carbocycles. The molecule has 0 saturated heterocycles. The number of hydrogen-bond donors (Lipinski definition) is 0. The summed E-state index contributed by atoms with van der Waals surface area (Å²) in [5.74, 6) is -1.06. The summed E-state index contributed by atoms with van der Waals surface area (Å²) < 4.78 is 16.1. The molecule has 0 unspecified atom stereocenters. The zero-order valence-electron chi connectivity index (χ0n) is 17.8. The monoisotopic (exact) mass is 412 g/mol. The lowest BCUT2D eigenvalue weighted by Crippen LogP contribution is -2.24. The Bertz CT molecular complexity index is 887. The summed E-state index contributed by atoms with van der Waals surface area (Å²) in [7, 11) is 0. The second-order valence-corrected chi connectivity index (χ2v) is 7.71.